The first kappa shape index (κ1) is 13.4. The van der Waals surface area contributed by atoms with E-state index in [1.165, 1.54) is 12.1 Å². The highest BCUT2D eigenvalue weighted by molar-refractivity contribution is 9.10. The first-order chi connectivity index (χ1) is 8.40. The highest BCUT2D eigenvalue weighted by atomic mass is 79.9. The lowest BCUT2D eigenvalue weighted by atomic mass is 10.1. The molecule has 0 spiro atoms. The van der Waals surface area contributed by atoms with Gasteiger partial charge < -0.3 is 4.90 Å². The monoisotopic (exact) mass is 330 g/mol. The number of non-ortho nitro benzene ring substituents is 1. The van der Waals surface area contributed by atoms with Crippen LogP contribution < -0.4 is 4.90 Å². The fourth-order valence-corrected chi connectivity index (χ4v) is 3.15. The fraction of sp³-hybridized carbons (Fsp3) is 0.364. The van der Waals surface area contributed by atoms with Crippen LogP contribution in [-0.2, 0) is 4.79 Å². The maximum atomic E-state index is 11.8. The number of rotatable bonds is 2. The van der Waals surface area contributed by atoms with E-state index in [9.17, 15) is 14.9 Å². The van der Waals surface area contributed by atoms with E-state index in [-0.39, 0.29) is 16.8 Å². The standard InChI is InChI=1S/C11H11BrN2O3S/c1-6-2-7(14(16)17)3-9(12)11(6)13-5-8(18)4-10(13)15/h2-3,8,18H,4-5H2,1H3. The van der Waals surface area contributed by atoms with Gasteiger partial charge in [-0.15, -0.1) is 0 Å². The van der Waals surface area contributed by atoms with Gasteiger partial charge in [0.2, 0.25) is 5.91 Å². The third-order valence-electron chi connectivity index (χ3n) is 2.82. The number of nitro benzene ring substituents is 1. The second-order valence-electron chi connectivity index (χ2n) is 4.21. The molecule has 1 aliphatic heterocycles. The molecule has 5 nitrogen and oxygen atoms in total. The Morgan fingerprint density at radius 2 is 2.22 bits per heavy atom. The lowest BCUT2D eigenvalue weighted by Gasteiger charge is -2.20. The van der Waals surface area contributed by atoms with Crippen LogP contribution in [0.4, 0.5) is 11.4 Å². The smallest absolute Gasteiger partial charge is 0.270 e. The topological polar surface area (TPSA) is 63.5 Å². The Kier molecular flexibility index (Phi) is 3.63. The third kappa shape index (κ3) is 2.37. The van der Waals surface area contributed by atoms with Gasteiger partial charge in [0, 0.05) is 34.8 Å². The average molecular weight is 331 g/mol. The van der Waals surface area contributed by atoms with Crippen molar-refractivity contribution in [2.75, 3.05) is 11.4 Å². The van der Waals surface area contributed by atoms with E-state index in [1.807, 2.05) is 0 Å². The summed E-state index contributed by atoms with van der Waals surface area (Å²) < 4.78 is 0.560. The molecule has 0 N–H and O–H groups in total. The molecule has 1 aliphatic rings. The molecule has 96 valence electrons. The molecule has 1 unspecified atom stereocenters. The minimum absolute atomic E-state index is 0.00680. The maximum absolute atomic E-state index is 11.8. The number of carbonyl (C=O) groups is 1. The normalized spacial score (nSPS) is 19.4. The summed E-state index contributed by atoms with van der Waals surface area (Å²) in [5.41, 5.74) is 1.41. The van der Waals surface area contributed by atoms with Crippen LogP contribution >= 0.6 is 28.6 Å². The summed E-state index contributed by atoms with van der Waals surface area (Å²) in [5.74, 6) is -0.00680. The molecule has 0 saturated carbocycles. The van der Waals surface area contributed by atoms with Gasteiger partial charge in [-0.25, -0.2) is 0 Å². The number of aryl methyl sites for hydroxylation is 1. The SMILES string of the molecule is Cc1cc([N+](=O)[O-])cc(Br)c1N1CC(S)CC1=O. The highest BCUT2D eigenvalue weighted by Gasteiger charge is 2.31. The average Bonchev–Trinajstić information content (AvgIpc) is 2.56. The summed E-state index contributed by atoms with van der Waals surface area (Å²) in [4.78, 5) is 23.8. The van der Waals surface area contributed by atoms with E-state index < -0.39 is 4.92 Å². The van der Waals surface area contributed by atoms with E-state index in [0.29, 0.717) is 28.7 Å². The van der Waals surface area contributed by atoms with Crippen molar-refractivity contribution in [3.05, 3.63) is 32.3 Å². The number of nitro groups is 1. The number of benzene rings is 1. The van der Waals surface area contributed by atoms with Crippen molar-refractivity contribution in [2.45, 2.75) is 18.6 Å². The molecule has 1 atom stereocenters. The zero-order valence-corrected chi connectivity index (χ0v) is 12.1. The van der Waals surface area contributed by atoms with Gasteiger partial charge in [0.1, 0.15) is 0 Å². The molecule has 0 aromatic heterocycles. The number of hydrogen-bond acceptors (Lipinski definition) is 4. The van der Waals surface area contributed by atoms with Crippen molar-refractivity contribution in [1.82, 2.24) is 0 Å². The predicted octanol–water partition coefficient (Wildman–Crippen LogP) is 2.70. The second kappa shape index (κ2) is 4.89. The molecule has 7 heteroatoms. The molecule has 1 heterocycles. The molecule has 1 saturated heterocycles. The minimum atomic E-state index is -0.450. The fourth-order valence-electron chi connectivity index (χ4n) is 2.07. The van der Waals surface area contributed by atoms with Crippen LogP contribution in [0.5, 0.6) is 0 Å². The van der Waals surface area contributed by atoms with E-state index in [2.05, 4.69) is 28.6 Å². The van der Waals surface area contributed by atoms with Gasteiger partial charge in [-0.1, -0.05) is 0 Å². The summed E-state index contributed by atoms with van der Waals surface area (Å²) in [5, 5.41) is 10.8. The van der Waals surface area contributed by atoms with Gasteiger partial charge in [-0.2, -0.15) is 12.6 Å². The van der Waals surface area contributed by atoms with E-state index in [0.717, 1.165) is 0 Å². The summed E-state index contributed by atoms with van der Waals surface area (Å²) >= 11 is 7.60. The number of amides is 1. The predicted molar refractivity (Wildman–Crippen MR) is 75.3 cm³/mol. The van der Waals surface area contributed by atoms with Crippen LogP contribution in [0.3, 0.4) is 0 Å². The largest absolute Gasteiger partial charge is 0.310 e. The number of thiol groups is 1. The summed E-state index contributed by atoms with van der Waals surface area (Å²) in [6, 6.07) is 2.89. The number of carbonyl (C=O) groups excluding carboxylic acids is 1. The molecule has 18 heavy (non-hydrogen) atoms. The Morgan fingerprint density at radius 3 is 2.67 bits per heavy atom. The number of hydrogen-bond donors (Lipinski definition) is 1. The van der Waals surface area contributed by atoms with Crippen LogP contribution in [0, 0.1) is 17.0 Å². The highest BCUT2D eigenvalue weighted by Crippen LogP contribution is 2.36. The Morgan fingerprint density at radius 1 is 1.56 bits per heavy atom. The molecule has 1 aromatic rings. The van der Waals surface area contributed by atoms with Crippen molar-refractivity contribution in [3.63, 3.8) is 0 Å². The van der Waals surface area contributed by atoms with Gasteiger partial charge in [0.25, 0.3) is 5.69 Å². The van der Waals surface area contributed by atoms with Gasteiger partial charge in [-0.05, 0) is 28.4 Å². The van der Waals surface area contributed by atoms with E-state index in [1.54, 1.807) is 11.8 Å². The van der Waals surface area contributed by atoms with Crippen molar-refractivity contribution in [2.24, 2.45) is 0 Å². The Hall–Kier alpha value is -1.08. The Balaban J connectivity index is 2.46. The quantitative estimate of drug-likeness (QED) is 0.515. The Labute approximate surface area is 118 Å². The molecule has 0 bridgehead atoms. The molecule has 1 fully saturated rings. The summed E-state index contributed by atoms with van der Waals surface area (Å²) in [7, 11) is 0. The van der Waals surface area contributed by atoms with Crippen LogP contribution in [0.15, 0.2) is 16.6 Å². The summed E-state index contributed by atoms with van der Waals surface area (Å²) in [6.45, 7) is 2.28. The zero-order valence-electron chi connectivity index (χ0n) is 9.59. The van der Waals surface area contributed by atoms with Gasteiger partial charge in [0.15, 0.2) is 0 Å². The van der Waals surface area contributed by atoms with Crippen molar-refractivity contribution >= 4 is 45.8 Å². The molecule has 1 amide bonds. The molecule has 1 aromatic carbocycles. The third-order valence-corrected chi connectivity index (χ3v) is 3.77. The molecular weight excluding hydrogens is 320 g/mol. The molecule has 2 rings (SSSR count). The number of anilines is 1. The number of nitrogens with zero attached hydrogens (tertiary/aromatic N) is 2. The first-order valence-corrected chi connectivity index (χ1v) is 6.64. The van der Waals surface area contributed by atoms with E-state index >= 15 is 0 Å². The van der Waals surface area contributed by atoms with Gasteiger partial charge in [0.05, 0.1) is 10.6 Å². The van der Waals surface area contributed by atoms with Gasteiger partial charge in [-0.3, -0.25) is 14.9 Å². The minimum Gasteiger partial charge on any atom is -0.310 e. The first-order valence-electron chi connectivity index (χ1n) is 5.33. The van der Waals surface area contributed by atoms with Crippen molar-refractivity contribution in [3.8, 4) is 0 Å². The van der Waals surface area contributed by atoms with Crippen LogP contribution in [0.2, 0.25) is 0 Å². The van der Waals surface area contributed by atoms with E-state index in [4.69, 9.17) is 0 Å². The van der Waals surface area contributed by atoms with Crippen LogP contribution in [0.25, 0.3) is 0 Å². The lowest BCUT2D eigenvalue weighted by Crippen LogP contribution is -2.25. The van der Waals surface area contributed by atoms with Crippen LogP contribution in [0.1, 0.15) is 12.0 Å². The van der Waals surface area contributed by atoms with Gasteiger partial charge >= 0.3 is 0 Å². The maximum Gasteiger partial charge on any atom is 0.270 e. The molecular formula is C11H11BrN2O3S. The molecule has 0 aliphatic carbocycles. The lowest BCUT2D eigenvalue weighted by molar-refractivity contribution is -0.385. The van der Waals surface area contributed by atoms with Crippen molar-refractivity contribution in [1.29, 1.82) is 0 Å². The zero-order chi connectivity index (χ0) is 13.4. The molecule has 0 radical (unpaired) electrons. The second-order valence-corrected chi connectivity index (χ2v) is 5.80. The number of halogens is 1. The Bertz CT molecular complexity index is 512. The summed E-state index contributed by atoms with van der Waals surface area (Å²) in [6.07, 6.45) is 0.395. The van der Waals surface area contributed by atoms with Crippen molar-refractivity contribution < 1.29 is 9.72 Å². The van der Waals surface area contributed by atoms with Crippen LogP contribution in [-0.4, -0.2) is 22.6 Å².